The Hall–Kier alpha value is -1.72. The molecule has 1 aromatic carbocycles. The topological polar surface area (TPSA) is 46.3 Å². The number of alkyl halides is 3. The molecule has 1 heterocycles. The molecule has 1 aromatic rings. The van der Waals surface area contributed by atoms with Crippen LogP contribution in [0.25, 0.3) is 0 Å². The highest BCUT2D eigenvalue weighted by molar-refractivity contribution is 5.95. The Labute approximate surface area is 121 Å². The summed E-state index contributed by atoms with van der Waals surface area (Å²) < 4.78 is 38.5. The molecule has 0 aliphatic carbocycles. The quantitative estimate of drug-likeness (QED) is 0.804. The van der Waals surface area contributed by atoms with Crippen LogP contribution in [0.4, 0.5) is 18.9 Å². The molecule has 116 valence electrons. The Bertz CT molecular complexity index is 506. The minimum atomic E-state index is -4.54. The van der Waals surface area contributed by atoms with Gasteiger partial charge in [0.05, 0.1) is 5.56 Å². The summed E-state index contributed by atoms with van der Waals surface area (Å²) in [4.78, 5) is 14.0. The van der Waals surface area contributed by atoms with Crippen molar-refractivity contribution in [2.24, 2.45) is 0 Å². The first kappa shape index (κ1) is 15.7. The van der Waals surface area contributed by atoms with E-state index in [2.05, 4.69) is 0 Å². The predicted octanol–water partition coefficient (Wildman–Crippen LogP) is 3.69. The first-order valence-electron chi connectivity index (χ1n) is 7.15. The maximum Gasteiger partial charge on any atom is 0.418 e. The van der Waals surface area contributed by atoms with Gasteiger partial charge in [0.1, 0.15) is 0 Å². The van der Waals surface area contributed by atoms with E-state index in [4.69, 9.17) is 5.73 Å². The molecule has 0 unspecified atom stereocenters. The van der Waals surface area contributed by atoms with E-state index in [0.717, 1.165) is 44.2 Å². The summed E-state index contributed by atoms with van der Waals surface area (Å²) in [5, 5.41) is 0. The molecule has 21 heavy (non-hydrogen) atoms. The fourth-order valence-corrected chi connectivity index (χ4v) is 2.57. The highest BCUT2D eigenvalue weighted by atomic mass is 19.4. The highest BCUT2D eigenvalue weighted by Gasteiger charge is 2.34. The lowest BCUT2D eigenvalue weighted by molar-refractivity contribution is -0.136. The molecule has 1 fully saturated rings. The molecule has 2 N–H and O–H groups in total. The van der Waals surface area contributed by atoms with Gasteiger partial charge < -0.3 is 10.6 Å². The third-order valence-electron chi connectivity index (χ3n) is 3.75. The summed E-state index contributed by atoms with van der Waals surface area (Å²) in [5.74, 6) is -0.345. The smallest absolute Gasteiger partial charge is 0.398 e. The molecular weight excluding hydrogens is 281 g/mol. The van der Waals surface area contributed by atoms with Gasteiger partial charge in [0.25, 0.3) is 5.91 Å². The predicted molar refractivity (Wildman–Crippen MR) is 74.8 cm³/mol. The summed E-state index contributed by atoms with van der Waals surface area (Å²) in [6, 6.07) is 3.38. The fraction of sp³-hybridized carbons (Fsp3) is 0.533. The monoisotopic (exact) mass is 300 g/mol. The van der Waals surface area contributed by atoms with Crippen LogP contribution < -0.4 is 5.73 Å². The van der Waals surface area contributed by atoms with Gasteiger partial charge in [-0.3, -0.25) is 4.79 Å². The zero-order valence-electron chi connectivity index (χ0n) is 11.7. The molecule has 0 spiro atoms. The first-order valence-corrected chi connectivity index (χ1v) is 7.15. The van der Waals surface area contributed by atoms with Crippen molar-refractivity contribution in [3.05, 3.63) is 29.3 Å². The second-order valence-electron chi connectivity index (χ2n) is 5.36. The third kappa shape index (κ3) is 3.89. The number of carbonyl (C=O) groups is 1. The van der Waals surface area contributed by atoms with Crippen molar-refractivity contribution in [1.29, 1.82) is 0 Å². The molecule has 6 heteroatoms. The standard InChI is InChI=1S/C15H19F3N2O/c16-15(17,18)12-10-11(6-7-13(12)19)14(21)20-8-4-2-1-3-5-9-20/h6-7,10H,1-5,8-9,19H2. The maximum atomic E-state index is 12.8. The van der Waals surface area contributed by atoms with Crippen molar-refractivity contribution in [3.63, 3.8) is 0 Å². The summed E-state index contributed by atoms with van der Waals surface area (Å²) in [7, 11) is 0. The third-order valence-corrected chi connectivity index (χ3v) is 3.75. The van der Waals surface area contributed by atoms with Crippen molar-refractivity contribution in [2.75, 3.05) is 18.8 Å². The lowest BCUT2D eigenvalue weighted by Crippen LogP contribution is -2.34. The molecule has 1 aliphatic rings. The van der Waals surface area contributed by atoms with Crippen molar-refractivity contribution in [2.45, 2.75) is 38.3 Å². The van der Waals surface area contributed by atoms with E-state index >= 15 is 0 Å². The number of nitrogens with two attached hydrogens (primary N) is 1. The molecule has 0 saturated carbocycles. The zero-order valence-corrected chi connectivity index (χ0v) is 11.7. The van der Waals surface area contributed by atoms with Crippen LogP contribution in [-0.2, 0) is 6.18 Å². The van der Waals surface area contributed by atoms with Gasteiger partial charge in [-0.1, -0.05) is 19.3 Å². The minimum Gasteiger partial charge on any atom is -0.398 e. The number of nitrogen functional groups attached to an aromatic ring is 1. The van der Waals surface area contributed by atoms with Crippen LogP contribution in [0.1, 0.15) is 48.0 Å². The van der Waals surface area contributed by atoms with E-state index in [1.807, 2.05) is 0 Å². The van der Waals surface area contributed by atoms with E-state index in [1.54, 1.807) is 4.90 Å². The number of amides is 1. The number of rotatable bonds is 1. The summed E-state index contributed by atoms with van der Waals surface area (Å²) in [6.45, 7) is 1.20. The Morgan fingerprint density at radius 1 is 1.05 bits per heavy atom. The second kappa shape index (κ2) is 6.37. The summed E-state index contributed by atoms with van der Waals surface area (Å²) in [6.07, 6.45) is 0.511. The van der Waals surface area contributed by atoms with Gasteiger partial charge in [-0.05, 0) is 31.0 Å². The van der Waals surface area contributed by atoms with Gasteiger partial charge in [0.2, 0.25) is 0 Å². The molecule has 1 amide bonds. The van der Waals surface area contributed by atoms with Crippen LogP contribution in [0.5, 0.6) is 0 Å². The molecule has 1 saturated heterocycles. The number of likely N-dealkylation sites (tertiary alicyclic amines) is 1. The van der Waals surface area contributed by atoms with Crippen molar-refractivity contribution >= 4 is 11.6 Å². The maximum absolute atomic E-state index is 12.8. The summed E-state index contributed by atoms with van der Waals surface area (Å²) >= 11 is 0. The zero-order chi connectivity index (χ0) is 15.5. The molecule has 1 aliphatic heterocycles. The highest BCUT2D eigenvalue weighted by Crippen LogP contribution is 2.34. The summed E-state index contributed by atoms with van der Waals surface area (Å²) in [5.41, 5.74) is 4.11. The molecule has 3 nitrogen and oxygen atoms in total. The molecule has 2 rings (SSSR count). The van der Waals surface area contributed by atoms with Crippen LogP contribution in [0, 0.1) is 0 Å². The Kier molecular flexibility index (Phi) is 4.75. The van der Waals surface area contributed by atoms with Gasteiger partial charge in [-0.2, -0.15) is 13.2 Å². The molecule has 0 aromatic heterocycles. The molecular formula is C15H19F3N2O. The van der Waals surface area contributed by atoms with Gasteiger partial charge in [0, 0.05) is 24.3 Å². The SMILES string of the molecule is Nc1ccc(C(=O)N2CCCCCCC2)cc1C(F)(F)F. The van der Waals surface area contributed by atoms with Crippen LogP contribution in [-0.4, -0.2) is 23.9 Å². The van der Waals surface area contributed by atoms with E-state index in [1.165, 1.54) is 6.07 Å². The van der Waals surface area contributed by atoms with Crippen LogP contribution in [0.15, 0.2) is 18.2 Å². The average Bonchev–Trinajstić information content (AvgIpc) is 2.36. The van der Waals surface area contributed by atoms with Crippen LogP contribution >= 0.6 is 0 Å². The van der Waals surface area contributed by atoms with Crippen molar-refractivity contribution in [1.82, 2.24) is 4.90 Å². The molecule has 0 atom stereocenters. The number of benzene rings is 1. The largest absolute Gasteiger partial charge is 0.418 e. The number of halogens is 3. The lowest BCUT2D eigenvalue weighted by atomic mass is 10.0. The first-order chi connectivity index (χ1) is 9.89. The number of carbonyl (C=O) groups excluding carboxylic acids is 1. The average molecular weight is 300 g/mol. The normalized spacial score (nSPS) is 17.2. The molecule has 0 radical (unpaired) electrons. The van der Waals surface area contributed by atoms with Gasteiger partial charge >= 0.3 is 6.18 Å². The van der Waals surface area contributed by atoms with E-state index in [9.17, 15) is 18.0 Å². The van der Waals surface area contributed by atoms with Gasteiger partial charge in [-0.15, -0.1) is 0 Å². The van der Waals surface area contributed by atoms with E-state index in [-0.39, 0.29) is 17.2 Å². The Balaban J connectivity index is 2.22. The second-order valence-corrected chi connectivity index (χ2v) is 5.36. The van der Waals surface area contributed by atoms with E-state index < -0.39 is 11.7 Å². The van der Waals surface area contributed by atoms with Crippen LogP contribution in [0.3, 0.4) is 0 Å². The molecule has 0 bridgehead atoms. The number of anilines is 1. The van der Waals surface area contributed by atoms with E-state index in [0.29, 0.717) is 13.1 Å². The van der Waals surface area contributed by atoms with Gasteiger partial charge in [0.15, 0.2) is 0 Å². The van der Waals surface area contributed by atoms with Crippen LogP contribution in [0.2, 0.25) is 0 Å². The minimum absolute atomic E-state index is 0.0529. The van der Waals surface area contributed by atoms with Gasteiger partial charge in [-0.25, -0.2) is 0 Å². The number of nitrogens with zero attached hydrogens (tertiary/aromatic N) is 1. The van der Waals surface area contributed by atoms with Crippen molar-refractivity contribution < 1.29 is 18.0 Å². The number of hydrogen-bond donors (Lipinski definition) is 1. The Morgan fingerprint density at radius 2 is 1.62 bits per heavy atom. The van der Waals surface area contributed by atoms with Crippen molar-refractivity contribution in [3.8, 4) is 0 Å². The lowest BCUT2D eigenvalue weighted by Gasteiger charge is -2.25. The Morgan fingerprint density at radius 3 is 2.19 bits per heavy atom. The number of hydrogen-bond acceptors (Lipinski definition) is 2. The fourth-order valence-electron chi connectivity index (χ4n) is 2.57.